The molecular weight excluding hydrogens is 299 g/mol. The number of rotatable bonds is 6. The van der Waals surface area contributed by atoms with Gasteiger partial charge in [0.15, 0.2) is 0 Å². The summed E-state index contributed by atoms with van der Waals surface area (Å²) in [7, 11) is 0. The summed E-state index contributed by atoms with van der Waals surface area (Å²) in [4.78, 5) is 11.7. The molecule has 1 atom stereocenters. The Labute approximate surface area is 130 Å². The monoisotopic (exact) mass is 318 g/mol. The summed E-state index contributed by atoms with van der Waals surface area (Å²) in [6.07, 6.45) is 2.21. The number of ether oxygens (including phenoxy) is 1. The lowest BCUT2D eigenvalue weighted by Crippen LogP contribution is -2.46. The molecule has 0 radical (unpaired) electrons. The molecule has 0 saturated heterocycles. The summed E-state index contributed by atoms with van der Waals surface area (Å²) in [5.74, 6) is 0.549. The molecule has 1 unspecified atom stereocenters. The van der Waals surface area contributed by atoms with Crippen LogP contribution in [-0.2, 0) is 4.79 Å². The number of hydrogen-bond acceptors (Lipinski definition) is 3. The second-order valence-electron chi connectivity index (χ2n) is 4.94. The largest absolute Gasteiger partial charge is 0.487 e. The second-order valence-corrected chi connectivity index (χ2v) is 5.35. The van der Waals surface area contributed by atoms with Gasteiger partial charge in [0.1, 0.15) is 11.9 Å². The van der Waals surface area contributed by atoms with Crippen molar-refractivity contribution in [1.82, 2.24) is 5.32 Å². The maximum atomic E-state index is 11.7. The van der Waals surface area contributed by atoms with Gasteiger partial charge in [-0.2, -0.15) is 0 Å². The van der Waals surface area contributed by atoms with E-state index in [0.29, 0.717) is 17.3 Å². The van der Waals surface area contributed by atoms with Crippen molar-refractivity contribution >= 4 is 29.9 Å². The summed E-state index contributed by atoms with van der Waals surface area (Å²) in [6.45, 7) is 2.45. The van der Waals surface area contributed by atoms with E-state index in [1.54, 1.807) is 6.07 Å². The van der Waals surface area contributed by atoms with Crippen molar-refractivity contribution in [2.75, 3.05) is 6.54 Å². The maximum absolute atomic E-state index is 11.7. The van der Waals surface area contributed by atoms with Gasteiger partial charge in [-0.1, -0.05) is 30.7 Å². The smallest absolute Gasteiger partial charge is 0.240 e. The predicted octanol–water partition coefficient (Wildman–Crippen LogP) is 2.53. The van der Waals surface area contributed by atoms with Gasteiger partial charge in [-0.3, -0.25) is 4.79 Å². The molecule has 1 aliphatic rings. The van der Waals surface area contributed by atoms with E-state index in [0.717, 1.165) is 19.3 Å². The van der Waals surface area contributed by atoms with Crippen molar-refractivity contribution in [3.63, 3.8) is 0 Å². The van der Waals surface area contributed by atoms with Crippen molar-refractivity contribution in [3.05, 3.63) is 29.3 Å². The Hall–Kier alpha value is -0.970. The van der Waals surface area contributed by atoms with E-state index >= 15 is 0 Å². The zero-order valence-electron chi connectivity index (χ0n) is 11.4. The van der Waals surface area contributed by atoms with Crippen LogP contribution in [0.3, 0.4) is 0 Å². The molecule has 1 amide bonds. The van der Waals surface area contributed by atoms with E-state index in [2.05, 4.69) is 5.32 Å². The standard InChI is InChI=1S/C14H19ClN2O2.ClH/c1-2-10(9-17-13(18)14(16)7-8-14)19-12-6-4-3-5-11(12)15;/h3-6,10H,2,7-9,16H2,1H3,(H,17,18);1H. The summed E-state index contributed by atoms with van der Waals surface area (Å²) in [6, 6.07) is 7.31. The van der Waals surface area contributed by atoms with Crippen LogP contribution in [0.1, 0.15) is 26.2 Å². The first-order chi connectivity index (χ1) is 9.05. The fourth-order valence-electron chi connectivity index (χ4n) is 1.73. The molecule has 0 bridgehead atoms. The van der Waals surface area contributed by atoms with E-state index in [1.807, 2.05) is 25.1 Å². The number of amides is 1. The molecule has 1 fully saturated rings. The molecule has 2 rings (SSSR count). The molecule has 0 aliphatic heterocycles. The Balaban J connectivity index is 0.00000200. The van der Waals surface area contributed by atoms with Gasteiger partial charge in [-0.15, -0.1) is 12.4 Å². The van der Waals surface area contributed by atoms with Crippen LogP contribution in [0.2, 0.25) is 5.02 Å². The van der Waals surface area contributed by atoms with Crippen LogP contribution in [0.4, 0.5) is 0 Å². The van der Waals surface area contributed by atoms with E-state index in [1.165, 1.54) is 0 Å². The minimum atomic E-state index is -0.636. The quantitative estimate of drug-likeness (QED) is 0.847. The van der Waals surface area contributed by atoms with Crippen LogP contribution in [0.25, 0.3) is 0 Å². The minimum absolute atomic E-state index is 0. The fraction of sp³-hybridized carbons (Fsp3) is 0.500. The Morgan fingerprint density at radius 3 is 2.70 bits per heavy atom. The molecule has 0 heterocycles. The first-order valence-corrected chi connectivity index (χ1v) is 6.91. The molecule has 1 aromatic carbocycles. The zero-order valence-corrected chi connectivity index (χ0v) is 13.0. The number of carbonyl (C=O) groups excluding carboxylic acids is 1. The lowest BCUT2D eigenvalue weighted by Gasteiger charge is -2.20. The molecule has 4 nitrogen and oxygen atoms in total. The number of benzene rings is 1. The van der Waals surface area contributed by atoms with Crippen LogP contribution in [-0.4, -0.2) is 24.1 Å². The average Bonchev–Trinajstić information content (AvgIpc) is 3.15. The molecule has 1 saturated carbocycles. The van der Waals surface area contributed by atoms with Gasteiger partial charge in [0.05, 0.1) is 17.1 Å². The second kappa shape index (κ2) is 7.16. The molecule has 1 aliphatic carbocycles. The van der Waals surface area contributed by atoms with Crippen molar-refractivity contribution in [1.29, 1.82) is 0 Å². The molecule has 1 aromatic rings. The van der Waals surface area contributed by atoms with E-state index in [-0.39, 0.29) is 24.4 Å². The first kappa shape index (κ1) is 17.1. The summed E-state index contributed by atoms with van der Waals surface area (Å²) < 4.78 is 5.79. The Kier molecular flexibility index (Phi) is 6.11. The number of para-hydroxylation sites is 1. The normalized spacial score (nSPS) is 16.8. The van der Waals surface area contributed by atoms with E-state index in [4.69, 9.17) is 22.1 Å². The number of nitrogens with one attached hydrogen (secondary N) is 1. The topological polar surface area (TPSA) is 64.4 Å². The minimum Gasteiger partial charge on any atom is -0.487 e. The highest BCUT2D eigenvalue weighted by molar-refractivity contribution is 6.32. The highest BCUT2D eigenvalue weighted by atomic mass is 35.5. The molecule has 0 spiro atoms. The van der Waals surface area contributed by atoms with Crippen LogP contribution in [0, 0.1) is 0 Å². The third kappa shape index (κ3) is 4.27. The van der Waals surface area contributed by atoms with Gasteiger partial charge in [-0.05, 0) is 31.4 Å². The predicted molar refractivity (Wildman–Crippen MR) is 82.6 cm³/mol. The summed E-state index contributed by atoms with van der Waals surface area (Å²) >= 11 is 6.04. The van der Waals surface area contributed by atoms with Gasteiger partial charge in [0.25, 0.3) is 0 Å². The summed E-state index contributed by atoms with van der Waals surface area (Å²) in [5.41, 5.74) is 5.18. The first-order valence-electron chi connectivity index (χ1n) is 6.53. The van der Waals surface area contributed by atoms with Gasteiger partial charge >= 0.3 is 0 Å². The van der Waals surface area contributed by atoms with Crippen molar-refractivity contribution in [2.24, 2.45) is 5.73 Å². The number of carbonyl (C=O) groups is 1. The van der Waals surface area contributed by atoms with E-state index in [9.17, 15) is 4.79 Å². The number of hydrogen-bond donors (Lipinski definition) is 2. The lowest BCUT2D eigenvalue weighted by molar-refractivity contribution is -0.123. The summed E-state index contributed by atoms with van der Waals surface area (Å²) in [5, 5.41) is 3.42. The number of nitrogens with two attached hydrogens (primary N) is 1. The highest BCUT2D eigenvalue weighted by Crippen LogP contribution is 2.32. The maximum Gasteiger partial charge on any atom is 0.240 e. The van der Waals surface area contributed by atoms with Gasteiger partial charge in [0, 0.05) is 0 Å². The fourth-order valence-corrected chi connectivity index (χ4v) is 1.91. The van der Waals surface area contributed by atoms with Gasteiger partial charge in [0.2, 0.25) is 5.91 Å². The van der Waals surface area contributed by atoms with Crippen LogP contribution >= 0.6 is 24.0 Å². The van der Waals surface area contributed by atoms with Crippen LogP contribution in [0.15, 0.2) is 24.3 Å². The molecule has 112 valence electrons. The van der Waals surface area contributed by atoms with Crippen LogP contribution in [0.5, 0.6) is 5.75 Å². The van der Waals surface area contributed by atoms with E-state index < -0.39 is 5.54 Å². The Morgan fingerprint density at radius 1 is 1.50 bits per heavy atom. The third-order valence-electron chi connectivity index (χ3n) is 3.32. The van der Waals surface area contributed by atoms with Gasteiger partial charge < -0.3 is 15.8 Å². The van der Waals surface area contributed by atoms with Crippen LogP contribution < -0.4 is 15.8 Å². The SMILES string of the molecule is CCC(CNC(=O)C1(N)CC1)Oc1ccccc1Cl.Cl. The molecule has 3 N–H and O–H groups in total. The number of halogens is 2. The molecular formula is C14H20Cl2N2O2. The Bertz CT molecular complexity index is 464. The highest BCUT2D eigenvalue weighted by Gasteiger charge is 2.45. The van der Waals surface area contributed by atoms with Crippen molar-refractivity contribution in [2.45, 2.75) is 37.8 Å². The zero-order chi connectivity index (χ0) is 13.9. The Morgan fingerprint density at radius 2 is 2.15 bits per heavy atom. The molecule has 0 aromatic heterocycles. The van der Waals surface area contributed by atoms with Gasteiger partial charge in [-0.25, -0.2) is 0 Å². The molecule has 20 heavy (non-hydrogen) atoms. The van der Waals surface area contributed by atoms with Crippen molar-refractivity contribution < 1.29 is 9.53 Å². The third-order valence-corrected chi connectivity index (χ3v) is 3.63. The lowest BCUT2D eigenvalue weighted by atomic mass is 10.2. The average molecular weight is 319 g/mol. The van der Waals surface area contributed by atoms with Crippen molar-refractivity contribution in [3.8, 4) is 5.75 Å². The molecule has 6 heteroatoms.